The SMILES string of the molecule is CCC(CO)NC1CN2CCC1CC2. The zero-order valence-electron chi connectivity index (χ0n) is 9.08. The first kappa shape index (κ1) is 10.4. The summed E-state index contributed by atoms with van der Waals surface area (Å²) in [5.74, 6) is 0.862. The van der Waals surface area contributed by atoms with Crippen LogP contribution in [0.2, 0.25) is 0 Å². The monoisotopic (exact) mass is 198 g/mol. The van der Waals surface area contributed by atoms with Crippen molar-refractivity contribution in [2.24, 2.45) is 5.92 Å². The predicted molar refractivity (Wildman–Crippen MR) is 57.3 cm³/mol. The molecule has 3 heterocycles. The molecule has 0 spiro atoms. The molecule has 3 heteroatoms. The maximum Gasteiger partial charge on any atom is 0.0584 e. The highest BCUT2D eigenvalue weighted by Gasteiger charge is 2.34. The Morgan fingerprint density at radius 2 is 2.14 bits per heavy atom. The van der Waals surface area contributed by atoms with Crippen LogP contribution >= 0.6 is 0 Å². The second-order valence-electron chi connectivity index (χ2n) is 4.70. The van der Waals surface area contributed by atoms with E-state index in [1.54, 1.807) is 0 Å². The number of hydrogen-bond donors (Lipinski definition) is 2. The molecule has 3 aliphatic rings. The largest absolute Gasteiger partial charge is 0.395 e. The molecule has 3 rings (SSSR count). The van der Waals surface area contributed by atoms with Crippen LogP contribution < -0.4 is 5.32 Å². The van der Waals surface area contributed by atoms with E-state index in [1.165, 1.54) is 32.5 Å². The van der Waals surface area contributed by atoms with Gasteiger partial charge in [-0.3, -0.25) is 0 Å². The fourth-order valence-electron chi connectivity index (χ4n) is 2.76. The molecule has 2 atom stereocenters. The van der Waals surface area contributed by atoms with Gasteiger partial charge in [0.2, 0.25) is 0 Å². The third kappa shape index (κ3) is 2.10. The normalized spacial score (nSPS) is 38.6. The molecule has 3 nitrogen and oxygen atoms in total. The summed E-state index contributed by atoms with van der Waals surface area (Å²) in [6.45, 7) is 6.19. The quantitative estimate of drug-likeness (QED) is 0.688. The maximum atomic E-state index is 9.15. The predicted octanol–water partition coefficient (Wildman–Crippen LogP) is 0.441. The minimum absolute atomic E-state index is 0.278. The van der Waals surface area contributed by atoms with Gasteiger partial charge in [-0.25, -0.2) is 0 Å². The molecular weight excluding hydrogens is 176 g/mol. The van der Waals surface area contributed by atoms with Gasteiger partial charge >= 0.3 is 0 Å². The fourth-order valence-corrected chi connectivity index (χ4v) is 2.76. The van der Waals surface area contributed by atoms with Gasteiger partial charge in [-0.15, -0.1) is 0 Å². The Morgan fingerprint density at radius 3 is 2.57 bits per heavy atom. The lowest BCUT2D eigenvalue weighted by Crippen LogP contribution is -2.58. The van der Waals surface area contributed by atoms with Crippen molar-refractivity contribution >= 4 is 0 Å². The molecule has 3 saturated heterocycles. The summed E-state index contributed by atoms with van der Waals surface area (Å²) >= 11 is 0. The molecule has 3 fully saturated rings. The number of rotatable bonds is 4. The minimum atomic E-state index is 0.278. The molecule has 0 aliphatic carbocycles. The van der Waals surface area contributed by atoms with Crippen molar-refractivity contribution in [3.8, 4) is 0 Å². The Balaban J connectivity index is 1.86. The molecule has 0 radical (unpaired) electrons. The Labute approximate surface area is 86.5 Å². The van der Waals surface area contributed by atoms with Gasteiger partial charge in [0.1, 0.15) is 0 Å². The average molecular weight is 198 g/mol. The molecule has 0 saturated carbocycles. The number of piperidine rings is 3. The van der Waals surface area contributed by atoms with E-state index in [0.717, 1.165) is 12.3 Å². The third-order valence-electron chi connectivity index (χ3n) is 3.82. The van der Waals surface area contributed by atoms with Gasteiger partial charge < -0.3 is 15.3 Å². The van der Waals surface area contributed by atoms with Crippen LogP contribution in [-0.2, 0) is 0 Å². The molecule has 3 aliphatic heterocycles. The van der Waals surface area contributed by atoms with Gasteiger partial charge in [0.25, 0.3) is 0 Å². The summed E-state index contributed by atoms with van der Waals surface area (Å²) in [4.78, 5) is 2.54. The van der Waals surface area contributed by atoms with Crippen LogP contribution in [0.4, 0.5) is 0 Å². The maximum absolute atomic E-state index is 9.15. The van der Waals surface area contributed by atoms with E-state index >= 15 is 0 Å². The zero-order chi connectivity index (χ0) is 9.97. The molecular formula is C11H22N2O. The van der Waals surface area contributed by atoms with E-state index in [4.69, 9.17) is 5.11 Å². The number of aliphatic hydroxyl groups excluding tert-OH is 1. The molecule has 2 bridgehead atoms. The first-order chi connectivity index (χ1) is 6.83. The van der Waals surface area contributed by atoms with Crippen molar-refractivity contribution in [2.45, 2.75) is 38.3 Å². The van der Waals surface area contributed by atoms with E-state index in [2.05, 4.69) is 17.1 Å². The molecule has 0 aromatic rings. The fraction of sp³-hybridized carbons (Fsp3) is 1.00. The van der Waals surface area contributed by atoms with E-state index in [0.29, 0.717) is 12.1 Å². The van der Waals surface area contributed by atoms with Gasteiger partial charge in [-0.05, 0) is 38.3 Å². The van der Waals surface area contributed by atoms with Crippen molar-refractivity contribution in [1.82, 2.24) is 10.2 Å². The van der Waals surface area contributed by atoms with Crippen LogP contribution in [0, 0.1) is 5.92 Å². The lowest BCUT2D eigenvalue weighted by molar-refractivity contribution is 0.0612. The number of hydrogen-bond acceptors (Lipinski definition) is 3. The Hall–Kier alpha value is -0.120. The van der Waals surface area contributed by atoms with Crippen LogP contribution in [-0.4, -0.2) is 48.3 Å². The highest BCUT2D eigenvalue weighted by molar-refractivity contribution is 4.92. The Bertz CT molecular complexity index is 174. The van der Waals surface area contributed by atoms with E-state index in [-0.39, 0.29) is 6.61 Å². The van der Waals surface area contributed by atoms with Gasteiger partial charge in [-0.1, -0.05) is 6.92 Å². The molecule has 0 aromatic carbocycles. The van der Waals surface area contributed by atoms with E-state index in [1.807, 2.05) is 0 Å². The van der Waals surface area contributed by atoms with Gasteiger partial charge in [-0.2, -0.15) is 0 Å². The number of nitrogens with one attached hydrogen (secondary N) is 1. The topological polar surface area (TPSA) is 35.5 Å². The molecule has 2 unspecified atom stereocenters. The third-order valence-corrected chi connectivity index (χ3v) is 3.82. The van der Waals surface area contributed by atoms with Gasteiger partial charge in [0, 0.05) is 18.6 Å². The average Bonchev–Trinajstić information content (AvgIpc) is 2.27. The Kier molecular flexibility index (Phi) is 3.42. The molecule has 0 amide bonds. The van der Waals surface area contributed by atoms with E-state index in [9.17, 15) is 0 Å². The highest BCUT2D eigenvalue weighted by atomic mass is 16.3. The molecule has 14 heavy (non-hydrogen) atoms. The van der Waals surface area contributed by atoms with Crippen molar-refractivity contribution in [2.75, 3.05) is 26.2 Å². The van der Waals surface area contributed by atoms with Crippen LogP contribution in [0.1, 0.15) is 26.2 Å². The minimum Gasteiger partial charge on any atom is -0.395 e. The first-order valence-corrected chi connectivity index (χ1v) is 5.92. The van der Waals surface area contributed by atoms with Gasteiger partial charge in [0.15, 0.2) is 0 Å². The van der Waals surface area contributed by atoms with Crippen molar-refractivity contribution in [3.05, 3.63) is 0 Å². The van der Waals surface area contributed by atoms with Crippen LogP contribution in [0.3, 0.4) is 0 Å². The number of aliphatic hydroxyl groups is 1. The molecule has 2 N–H and O–H groups in total. The van der Waals surface area contributed by atoms with Crippen molar-refractivity contribution in [1.29, 1.82) is 0 Å². The highest BCUT2D eigenvalue weighted by Crippen LogP contribution is 2.27. The summed E-state index contributed by atoms with van der Waals surface area (Å²) in [5, 5.41) is 12.7. The first-order valence-electron chi connectivity index (χ1n) is 5.92. The van der Waals surface area contributed by atoms with E-state index < -0.39 is 0 Å². The van der Waals surface area contributed by atoms with Crippen LogP contribution in [0.5, 0.6) is 0 Å². The number of nitrogens with zero attached hydrogens (tertiary/aromatic N) is 1. The standard InChI is InChI=1S/C11H22N2O/c1-2-10(8-14)12-11-7-13-5-3-9(11)4-6-13/h9-12,14H,2-8H2,1H3. The van der Waals surface area contributed by atoms with Crippen molar-refractivity contribution < 1.29 is 5.11 Å². The van der Waals surface area contributed by atoms with Crippen molar-refractivity contribution in [3.63, 3.8) is 0 Å². The second-order valence-corrected chi connectivity index (χ2v) is 4.70. The number of fused-ring (bicyclic) bond motifs is 3. The van der Waals surface area contributed by atoms with Crippen LogP contribution in [0.25, 0.3) is 0 Å². The molecule has 0 aromatic heterocycles. The summed E-state index contributed by atoms with van der Waals surface area (Å²) in [5.41, 5.74) is 0. The lowest BCUT2D eigenvalue weighted by Gasteiger charge is -2.46. The smallest absolute Gasteiger partial charge is 0.0584 e. The van der Waals surface area contributed by atoms with Crippen LogP contribution in [0.15, 0.2) is 0 Å². The second kappa shape index (κ2) is 4.60. The summed E-state index contributed by atoms with van der Waals surface area (Å²) in [6.07, 6.45) is 3.72. The summed E-state index contributed by atoms with van der Waals surface area (Å²) in [7, 11) is 0. The summed E-state index contributed by atoms with van der Waals surface area (Å²) < 4.78 is 0. The summed E-state index contributed by atoms with van der Waals surface area (Å²) in [6, 6.07) is 0.940. The van der Waals surface area contributed by atoms with Gasteiger partial charge in [0.05, 0.1) is 6.61 Å². The Morgan fingerprint density at radius 1 is 1.43 bits per heavy atom. The molecule has 82 valence electrons. The zero-order valence-corrected chi connectivity index (χ0v) is 9.08. The lowest BCUT2D eigenvalue weighted by atomic mass is 9.83.